The van der Waals surface area contributed by atoms with E-state index in [9.17, 15) is 14.7 Å². The molecule has 1 N–H and O–H groups in total. The minimum atomic E-state index is -0.858. The van der Waals surface area contributed by atoms with Crippen LogP contribution in [0.2, 0.25) is 0 Å². The molecule has 1 amide bonds. The zero-order valence-corrected chi connectivity index (χ0v) is 17.2. The fourth-order valence-electron chi connectivity index (χ4n) is 3.72. The molecule has 0 radical (unpaired) electrons. The lowest BCUT2D eigenvalue weighted by Crippen LogP contribution is -2.29. The number of hydrogen-bond donors (Lipinski definition) is 1. The molecule has 7 nitrogen and oxygen atoms in total. The van der Waals surface area contributed by atoms with Crippen molar-refractivity contribution in [2.75, 3.05) is 6.61 Å². The first kappa shape index (κ1) is 20.4. The van der Waals surface area contributed by atoms with E-state index in [1.807, 2.05) is 19.9 Å². The maximum absolute atomic E-state index is 13.0. The van der Waals surface area contributed by atoms with E-state index < -0.39 is 17.7 Å². The van der Waals surface area contributed by atoms with Crippen molar-refractivity contribution in [2.24, 2.45) is 0 Å². The quantitative estimate of drug-likeness (QED) is 0.369. The van der Waals surface area contributed by atoms with Gasteiger partial charge in [-0.1, -0.05) is 6.07 Å². The predicted octanol–water partition coefficient (Wildman–Crippen LogP) is 4.00. The van der Waals surface area contributed by atoms with Gasteiger partial charge in [-0.05, 0) is 61.9 Å². The van der Waals surface area contributed by atoms with Crippen molar-refractivity contribution in [3.8, 4) is 5.75 Å². The summed E-state index contributed by atoms with van der Waals surface area (Å²) >= 11 is 0. The fraction of sp³-hybridized carbons (Fsp3) is 0.208. The smallest absolute Gasteiger partial charge is 0.296 e. The summed E-state index contributed by atoms with van der Waals surface area (Å²) in [5, 5.41) is 11.1. The van der Waals surface area contributed by atoms with Crippen molar-refractivity contribution in [3.05, 3.63) is 89.1 Å². The Labute approximate surface area is 179 Å². The SMILES string of the molecule is CCOc1ccc(/C(O)=C2/C(=O)C(=O)N(Cc3ccccn3)C2c2ccco2)cc1C. The number of likely N-dealkylation sites (tertiary alicyclic amines) is 1. The van der Waals surface area contributed by atoms with Crippen molar-refractivity contribution in [3.63, 3.8) is 0 Å². The number of Topliss-reactive ketones (excluding diaryl/α,β-unsaturated/α-hetero) is 1. The van der Waals surface area contributed by atoms with E-state index in [0.29, 0.717) is 29.4 Å². The van der Waals surface area contributed by atoms with E-state index in [2.05, 4.69) is 4.98 Å². The molecule has 1 aliphatic heterocycles. The van der Waals surface area contributed by atoms with Gasteiger partial charge in [0, 0.05) is 11.8 Å². The number of hydrogen-bond acceptors (Lipinski definition) is 6. The lowest BCUT2D eigenvalue weighted by molar-refractivity contribution is -0.140. The van der Waals surface area contributed by atoms with Crippen molar-refractivity contribution in [1.29, 1.82) is 0 Å². The molecule has 0 aliphatic carbocycles. The molecule has 4 rings (SSSR count). The van der Waals surface area contributed by atoms with Crippen molar-refractivity contribution >= 4 is 17.4 Å². The molecule has 1 unspecified atom stereocenters. The number of carbonyl (C=O) groups is 2. The second-order valence-electron chi connectivity index (χ2n) is 7.18. The van der Waals surface area contributed by atoms with Gasteiger partial charge in [-0.2, -0.15) is 0 Å². The highest BCUT2D eigenvalue weighted by molar-refractivity contribution is 6.46. The number of aliphatic hydroxyl groups excluding tert-OH is 1. The lowest BCUT2D eigenvalue weighted by Gasteiger charge is -2.23. The Balaban J connectivity index is 1.80. The van der Waals surface area contributed by atoms with Crippen LogP contribution >= 0.6 is 0 Å². The van der Waals surface area contributed by atoms with Crippen LogP contribution in [0.5, 0.6) is 5.75 Å². The summed E-state index contributed by atoms with van der Waals surface area (Å²) in [7, 11) is 0. The number of rotatable bonds is 6. The highest BCUT2D eigenvalue weighted by Crippen LogP contribution is 2.40. The van der Waals surface area contributed by atoms with Crippen molar-refractivity contribution in [2.45, 2.75) is 26.4 Å². The van der Waals surface area contributed by atoms with E-state index in [1.165, 1.54) is 11.2 Å². The highest BCUT2D eigenvalue weighted by Gasteiger charge is 2.47. The van der Waals surface area contributed by atoms with Crippen LogP contribution in [-0.2, 0) is 16.1 Å². The summed E-state index contributed by atoms with van der Waals surface area (Å²) in [6.45, 7) is 4.37. The summed E-state index contributed by atoms with van der Waals surface area (Å²) in [5.74, 6) is -0.649. The minimum absolute atomic E-state index is 0.0144. The third-order valence-corrected chi connectivity index (χ3v) is 5.16. The number of nitrogens with zero attached hydrogens (tertiary/aromatic N) is 2. The average Bonchev–Trinajstić information content (AvgIpc) is 3.38. The number of aryl methyl sites for hydroxylation is 1. The van der Waals surface area contributed by atoms with Gasteiger partial charge < -0.3 is 19.2 Å². The average molecular weight is 418 g/mol. The lowest BCUT2D eigenvalue weighted by atomic mass is 9.98. The molecular formula is C24H22N2O5. The molecule has 0 spiro atoms. The largest absolute Gasteiger partial charge is 0.507 e. The minimum Gasteiger partial charge on any atom is -0.507 e. The summed E-state index contributed by atoms with van der Waals surface area (Å²) in [6, 6.07) is 13.0. The van der Waals surface area contributed by atoms with Gasteiger partial charge >= 0.3 is 0 Å². The molecule has 3 heterocycles. The molecule has 31 heavy (non-hydrogen) atoms. The maximum atomic E-state index is 13.0. The maximum Gasteiger partial charge on any atom is 0.296 e. The van der Waals surface area contributed by atoms with Crippen LogP contribution < -0.4 is 4.74 Å². The topological polar surface area (TPSA) is 92.9 Å². The first-order valence-electron chi connectivity index (χ1n) is 9.96. The van der Waals surface area contributed by atoms with E-state index in [4.69, 9.17) is 9.15 Å². The molecule has 1 saturated heterocycles. The summed E-state index contributed by atoms with van der Waals surface area (Å²) in [5.41, 5.74) is 1.84. The molecule has 0 bridgehead atoms. The second-order valence-corrected chi connectivity index (χ2v) is 7.18. The van der Waals surface area contributed by atoms with Gasteiger partial charge in [-0.15, -0.1) is 0 Å². The van der Waals surface area contributed by atoms with Crippen LogP contribution in [0.1, 0.15) is 35.5 Å². The number of amides is 1. The molecule has 158 valence electrons. The van der Waals surface area contributed by atoms with E-state index in [0.717, 1.165) is 5.56 Å². The molecule has 1 fully saturated rings. The monoisotopic (exact) mass is 418 g/mol. The van der Waals surface area contributed by atoms with Crippen LogP contribution in [0.15, 0.2) is 71.0 Å². The van der Waals surface area contributed by atoms with Gasteiger partial charge in [-0.3, -0.25) is 14.6 Å². The number of aromatic nitrogens is 1. The second kappa shape index (κ2) is 8.47. The number of ether oxygens (including phenoxy) is 1. The Morgan fingerprint density at radius 3 is 2.68 bits per heavy atom. The van der Waals surface area contributed by atoms with Gasteiger partial charge in [-0.25, -0.2) is 0 Å². The Bertz CT molecular complexity index is 1140. The third kappa shape index (κ3) is 3.82. The van der Waals surface area contributed by atoms with E-state index in [1.54, 1.807) is 48.7 Å². The highest BCUT2D eigenvalue weighted by atomic mass is 16.5. The molecule has 3 aromatic rings. The Hall–Kier alpha value is -3.87. The van der Waals surface area contributed by atoms with Gasteiger partial charge in [0.15, 0.2) is 0 Å². The molecule has 1 aromatic carbocycles. The van der Waals surface area contributed by atoms with Crippen LogP contribution in [0, 0.1) is 6.92 Å². The fourth-order valence-corrected chi connectivity index (χ4v) is 3.72. The number of aliphatic hydroxyl groups is 1. The summed E-state index contributed by atoms with van der Waals surface area (Å²) < 4.78 is 11.1. The van der Waals surface area contributed by atoms with Gasteiger partial charge in [0.05, 0.1) is 30.7 Å². The molecular weight excluding hydrogens is 396 g/mol. The molecule has 1 aliphatic rings. The third-order valence-electron chi connectivity index (χ3n) is 5.16. The zero-order valence-electron chi connectivity index (χ0n) is 17.2. The number of carbonyl (C=O) groups excluding carboxylic acids is 2. The summed E-state index contributed by atoms with van der Waals surface area (Å²) in [6.07, 6.45) is 3.09. The number of ketones is 1. The van der Waals surface area contributed by atoms with Crippen LogP contribution in [0.3, 0.4) is 0 Å². The standard InChI is InChI=1S/C24H22N2O5/c1-3-30-18-10-9-16(13-15(18)2)22(27)20-21(19-8-6-12-31-19)26(24(29)23(20)28)14-17-7-4-5-11-25-17/h4-13,21,27H,3,14H2,1-2H3/b22-20-. The van der Waals surface area contributed by atoms with Gasteiger partial charge in [0.25, 0.3) is 11.7 Å². The molecule has 0 saturated carbocycles. The first-order chi connectivity index (χ1) is 15.0. The van der Waals surface area contributed by atoms with Crippen LogP contribution in [-0.4, -0.2) is 33.3 Å². The number of pyridine rings is 1. The summed E-state index contributed by atoms with van der Waals surface area (Å²) in [4.78, 5) is 31.5. The molecule has 1 atom stereocenters. The van der Waals surface area contributed by atoms with Crippen molar-refractivity contribution in [1.82, 2.24) is 9.88 Å². The number of furan rings is 1. The Morgan fingerprint density at radius 1 is 1.19 bits per heavy atom. The van der Waals surface area contributed by atoms with Gasteiger partial charge in [0.2, 0.25) is 0 Å². The predicted molar refractivity (Wildman–Crippen MR) is 113 cm³/mol. The Morgan fingerprint density at radius 2 is 2.03 bits per heavy atom. The molecule has 7 heteroatoms. The van der Waals surface area contributed by atoms with Gasteiger partial charge in [0.1, 0.15) is 23.3 Å². The molecule has 2 aromatic heterocycles. The van der Waals surface area contributed by atoms with Crippen LogP contribution in [0.4, 0.5) is 0 Å². The van der Waals surface area contributed by atoms with Crippen molar-refractivity contribution < 1.29 is 23.8 Å². The van der Waals surface area contributed by atoms with E-state index >= 15 is 0 Å². The zero-order chi connectivity index (χ0) is 22.0. The van der Waals surface area contributed by atoms with E-state index in [-0.39, 0.29) is 17.9 Å². The van der Waals surface area contributed by atoms with Crippen LogP contribution in [0.25, 0.3) is 5.76 Å². The Kier molecular flexibility index (Phi) is 5.58. The first-order valence-corrected chi connectivity index (χ1v) is 9.96. The number of benzene rings is 1. The normalized spacial score (nSPS) is 17.9.